The summed E-state index contributed by atoms with van der Waals surface area (Å²) in [6.07, 6.45) is 0.574. The van der Waals surface area contributed by atoms with Gasteiger partial charge in [-0.3, -0.25) is 4.79 Å². The number of nitriles is 1. The highest BCUT2D eigenvalue weighted by Crippen LogP contribution is 2.21. The number of rotatable bonds is 9. The highest BCUT2D eigenvalue weighted by atomic mass is 31.1. The lowest BCUT2D eigenvalue weighted by molar-refractivity contribution is -0.151. The molecule has 0 heterocycles. The number of hydrogen-bond donors (Lipinski definition) is 1. The van der Waals surface area contributed by atoms with Gasteiger partial charge in [-0.15, -0.1) is 4.52 Å². The molecule has 1 N–H and O–H groups in total. The molecule has 0 saturated heterocycles. The Morgan fingerprint density at radius 1 is 1.45 bits per heavy atom. The smallest absolute Gasteiger partial charge is 0.463 e. The first-order chi connectivity index (χ1) is 9.45. The van der Waals surface area contributed by atoms with E-state index in [1.807, 2.05) is 13.0 Å². The summed E-state index contributed by atoms with van der Waals surface area (Å²) in [6.45, 7) is 4.78. The lowest BCUT2D eigenvalue weighted by Gasteiger charge is -2.25. The van der Waals surface area contributed by atoms with E-state index < -0.39 is 26.1 Å². The van der Waals surface area contributed by atoms with Gasteiger partial charge >= 0.3 is 14.7 Å². The Kier molecular flexibility index (Phi) is 8.69. The maximum atomic E-state index is 11.9. The average molecular weight is 303 g/mol. The third kappa shape index (κ3) is 5.64. The monoisotopic (exact) mass is 303 g/mol. The quantitative estimate of drug-likeness (QED) is 0.510. The molecule has 7 nitrogen and oxygen atoms in total. The normalized spacial score (nSPS) is 14.9. The zero-order chi connectivity index (χ0) is 15.6. The molecule has 0 aliphatic heterocycles. The van der Waals surface area contributed by atoms with Gasteiger partial charge in [0.15, 0.2) is 0 Å². The summed E-state index contributed by atoms with van der Waals surface area (Å²) < 4.78 is 20.3. The van der Waals surface area contributed by atoms with E-state index in [9.17, 15) is 19.4 Å². The van der Waals surface area contributed by atoms with Crippen LogP contribution in [-0.4, -0.2) is 30.1 Å². The number of carbonyl (C=O) groups is 2. The summed E-state index contributed by atoms with van der Waals surface area (Å²) in [5.74, 6) is -1.30. The van der Waals surface area contributed by atoms with Crippen LogP contribution in [0.5, 0.6) is 0 Å². The molecule has 0 rings (SSSR count). The summed E-state index contributed by atoms with van der Waals surface area (Å²) in [5, 5.41) is 11.6. The molecule has 0 radical (unpaired) electrons. The van der Waals surface area contributed by atoms with Gasteiger partial charge in [0.2, 0.25) is 11.4 Å². The molecule has 0 aliphatic rings. The number of hydrogen-bond acceptors (Lipinski definition) is 6. The molecule has 0 fully saturated rings. The Balaban J connectivity index is 5.01. The first-order valence-electron chi connectivity index (χ1n) is 6.35. The van der Waals surface area contributed by atoms with Crippen molar-refractivity contribution in [1.29, 1.82) is 5.26 Å². The number of carbonyl (C=O) groups excluding carboxylic acids is 2. The van der Waals surface area contributed by atoms with Crippen LogP contribution in [0.25, 0.3) is 0 Å². The van der Waals surface area contributed by atoms with Gasteiger partial charge in [-0.05, 0) is 30.8 Å². The predicted molar refractivity (Wildman–Crippen MR) is 72.2 cm³/mol. The summed E-state index contributed by atoms with van der Waals surface area (Å²) in [6, 6.07) is 1.82. The van der Waals surface area contributed by atoms with Gasteiger partial charge in [-0.1, -0.05) is 6.92 Å². The molecule has 0 aliphatic carbocycles. The number of nitrogens with one attached hydrogen (secondary N) is 1. The van der Waals surface area contributed by atoms with Gasteiger partial charge in [-0.25, -0.2) is 4.79 Å². The molecule has 3 unspecified atom stereocenters. The van der Waals surface area contributed by atoms with Crippen LogP contribution in [0, 0.1) is 11.3 Å². The molecular formula is C12H20N2O5P+. The molecular weight excluding hydrogens is 283 g/mol. The Labute approximate surface area is 119 Å². The van der Waals surface area contributed by atoms with Crippen molar-refractivity contribution in [2.75, 3.05) is 6.61 Å². The van der Waals surface area contributed by atoms with Crippen LogP contribution < -0.4 is 5.32 Å². The van der Waals surface area contributed by atoms with Gasteiger partial charge in [0.05, 0.1) is 6.61 Å². The molecule has 0 aromatic carbocycles. The van der Waals surface area contributed by atoms with Gasteiger partial charge in [-0.2, -0.15) is 5.26 Å². The topological polar surface area (TPSA) is 105 Å². The minimum atomic E-state index is -1.73. The van der Waals surface area contributed by atoms with Crippen LogP contribution >= 0.6 is 8.69 Å². The number of esters is 1. The Morgan fingerprint density at radius 2 is 2.10 bits per heavy atom. The lowest BCUT2D eigenvalue weighted by Crippen LogP contribution is -2.54. The van der Waals surface area contributed by atoms with E-state index in [1.54, 1.807) is 6.92 Å². The second-order valence-electron chi connectivity index (χ2n) is 4.19. The van der Waals surface area contributed by atoms with E-state index in [0.29, 0.717) is 12.8 Å². The summed E-state index contributed by atoms with van der Waals surface area (Å²) in [5.41, 5.74) is -1.73. The van der Waals surface area contributed by atoms with Crippen molar-refractivity contribution < 1.29 is 23.4 Å². The van der Waals surface area contributed by atoms with Crippen molar-refractivity contribution in [2.24, 2.45) is 0 Å². The maximum absolute atomic E-state index is 11.9. The fraction of sp³-hybridized carbons (Fsp3) is 0.750. The van der Waals surface area contributed by atoms with Gasteiger partial charge in [0.25, 0.3) is 0 Å². The SMILES string of the molecule is CCOC(=O)C(C#N)(CCC(CC)O[PH+]=O)NC(C)=O. The van der Waals surface area contributed by atoms with Crippen molar-refractivity contribution in [3.05, 3.63) is 0 Å². The molecule has 8 heteroatoms. The fourth-order valence-electron chi connectivity index (χ4n) is 1.69. The molecule has 0 spiro atoms. The minimum Gasteiger partial charge on any atom is -0.463 e. The van der Waals surface area contributed by atoms with Gasteiger partial charge < -0.3 is 10.1 Å². The average Bonchev–Trinajstić information content (AvgIpc) is 2.41. The van der Waals surface area contributed by atoms with Crippen LogP contribution in [0.2, 0.25) is 0 Å². The van der Waals surface area contributed by atoms with E-state index in [4.69, 9.17) is 9.26 Å². The second-order valence-corrected chi connectivity index (χ2v) is 4.59. The standard InChI is InChI=1S/C12H19N2O5P/c1-4-10(19-20-17)6-7-12(8-13,14-9(3)15)11(16)18-5-2/h10,20H,4-7H2,1-3H3/p+1. The van der Waals surface area contributed by atoms with Crippen molar-refractivity contribution >= 4 is 20.6 Å². The number of ether oxygens (including phenoxy) is 1. The maximum Gasteiger partial charge on any atom is 0.494 e. The van der Waals surface area contributed by atoms with E-state index in [2.05, 4.69) is 5.32 Å². The van der Waals surface area contributed by atoms with Crippen LogP contribution in [0.15, 0.2) is 0 Å². The molecule has 1 amide bonds. The Bertz CT molecular complexity index is 396. The van der Waals surface area contributed by atoms with E-state index >= 15 is 0 Å². The second kappa shape index (κ2) is 9.40. The Morgan fingerprint density at radius 3 is 2.50 bits per heavy atom. The number of nitrogens with zero attached hydrogens (tertiary/aromatic N) is 1. The van der Waals surface area contributed by atoms with E-state index in [-0.39, 0.29) is 19.1 Å². The molecule has 0 bridgehead atoms. The molecule has 0 saturated carbocycles. The molecule has 20 heavy (non-hydrogen) atoms. The van der Waals surface area contributed by atoms with Crippen LogP contribution in [-0.2, 0) is 23.4 Å². The molecule has 0 aromatic heterocycles. The van der Waals surface area contributed by atoms with Crippen LogP contribution in [0.3, 0.4) is 0 Å². The zero-order valence-corrected chi connectivity index (χ0v) is 12.9. The highest BCUT2D eigenvalue weighted by Gasteiger charge is 2.41. The summed E-state index contributed by atoms with van der Waals surface area (Å²) >= 11 is 0. The zero-order valence-electron chi connectivity index (χ0n) is 11.9. The van der Waals surface area contributed by atoms with Crippen molar-refractivity contribution in [3.63, 3.8) is 0 Å². The third-order valence-corrected chi connectivity index (χ3v) is 3.15. The van der Waals surface area contributed by atoms with Crippen molar-refractivity contribution in [1.82, 2.24) is 5.32 Å². The van der Waals surface area contributed by atoms with Crippen LogP contribution in [0.4, 0.5) is 0 Å². The third-order valence-electron chi connectivity index (χ3n) is 2.72. The van der Waals surface area contributed by atoms with Gasteiger partial charge in [0.1, 0.15) is 12.2 Å². The first-order valence-corrected chi connectivity index (χ1v) is 7.17. The van der Waals surface area contributed by atoms with Crippen LogP contribution in [0.1, 0.15) is 40.0 Å². The van der Waals surface area contributed by atoms with Crippen molar-refractivity contribution in [2.45, 2.75) is 51.7 Å². The largest absolute Gasteiger partial charge is 0.494 e. The summed E-state index contributed by atoms with van der Waals surface area (Å²) in [7, 11) is -0.907. The molecule has 0 aromatic rings. The fourth-order valence-corrected chi connectivity index (χ4v) is 2.11. The molecule has 3 atom stereocenters. The first kappa shape index (κ1) is 18.5. The molecule has 112 valence electrons. The van der Waals surface area contributed by atoms with E-state index in [0.717, 1.165) is 0 Å². The Hall–Kier alpha value is -1.51. The van der Waals surface area contributed by atoms with Crippen molar-refractivity contribution in [3.8, 4) is 6.07 Å². The number of amides is 1. The summed E-state index contributed by atoms with van der Waals surface area (Å²) in [4.78, 5) is 23.1. The lowest BCUT2D eigenvalue weighted by atomic mass is 9.92. The van der Waals surface area contributed by atoms with E-state index in [1.165, 1.54) is 6.92 Å². The predicted octanol–water partition coefficient (Wildman–Crippen LogP) is 1.46. The minimum absolute atomic E-state index is 0.0326. The van der Waals surface area contributed by atoms with Gasteiger partial charge in [0, 0.05) is 6.92 Å². The highest BCUT2D eigenvalue weighted by molar-refractivity contribution is 7.17.